The van der Waals surface area contributed by atoms with E-state index in [4.69, 9.17) is 14.5 Å². The zero-order chi connectivity index (χ0) is 18.5. The third-order valence-corrected chi connectivity index (χ3v) is 6.00. The van der Waals surface area contributed by atoms with E-state index in [1.54, 1.807) is 7.11 Å². The number of nitrogens with one attached hydrogen (secondary N) is 1. The molecule has 1 aliphatic rings. The van der Waals surface area contributed by atoms with Crippen molar-refractivity contribution in [1.82, 2.24) is 9.97 Å². The van der Waals surface area contributed by atoms with Crippen molar-refractivity contribution in [3.63, 3.8) is 0 Å². The number of aromatic nitrogens is 2. The Morgan fingerprint density at radius 1 is 1.11 bits per heavy atom. The molecule has 0 bridgehead atoms. The molecule has 1 aliphatic heterocycles. The molecule has 6 heteroatoms. The molecule has 2 aromatic carbocycles. The number of thioether (sulfide) groups is 1. The lowest BCUT2D eigenvalue weighted by Gasteiger charge is -2.21. The number of fused-ring (bicyclic) bond motifs is 1. The summed E-state index contributed by atoms with van der Waals surface area (Å²) in [5.41, 5.74) is 2.99. The predicted molar refractivity (Wildman–Crippen MR) is 111 cm³/mol. The van der Waals surface area contributed by atoms with Crippen LogP contribution in [0.4, 0.5) is 11.4 Å². The van der Waals surface area contributed by atoms with Crippen LogP contribution in [0.1, 0.15) is 18.7 Å². The van der Waals surface area contributed by atoms with Gasteiger partial charge in [-0.3, -0.25) is 0 Å². The van der Waals surface area contributed by atoms with Gasteiger partial charge in [0.05, 0.1) is 18.4 Å². The Kier molecular flexibility index (Phi) is 5.75. The summed E-state index contributed by atoms with van der Waals surface area (Å²) in [6, 6.07) is 14.1. The van der Waals surface area contributed by atoms with Gasteiger partial charge >= 0.3 is 0 Å². The SMILES string of the molecule is COc1ccc(Nc2ccc3cnc(CSC4CCOCC4)nc3c2)cc1. The number of ether oxygens (including phenoxy) is 2. The van der Waals surface area contributed by atoms with E-state index in [1.807, 2.05) is 48.3 Å². The lowest BCUT2D eigenvalue weighted by atomic mass is 10.2. The van der Waals surface area contributed by atoms with Gasteiger partial charge in [0.15, 0.2) is 0 Å². The van der Waals surface area contributed by atoms with E-state index in [9.17, 15) is 0 Å². The molecule has 0 saturated carbocycles. The van der Waals surface area contributed by atoms with E-state index in [0.29, 0.717) is 5.25 Å². The molecule has 0 radical (unpaired) electrons. The largest absolute Gasteiger partial charge is 0.497 e. The molecule has 3 aromatic rings. The summed E-state index contributed by atoms with van der Waals surface area (Å²) in [6.45, 7) is 1.74. The molecular formula is C21H23N3O2S. The molecule has 0 aliphatic carbocycles. The van der Waals surface area contributed by atoms with E-state index in [2.05, 4.69) is 22.4 Å². The molecule has 0 amide bonds. The van der Waals surface area contributed by atoms with Crippen molar-refractivity contribution < 1.29 is 9.47 Å². The van der Waals surface area contributed by atoms with Crippen molar-refractivity contribution in [3.05, 3.63) is 54.5 Å². The van der Waals surface area contributed by atoms with Crippen molar-refractivity contribution in [2.75, 3.05) is 25.6 Å². The highest BCUT2D eigenvalue weighted by molar-refractivity contribution is 7.99. The molecule has 1 aromatic heterocycles. The summed E-state index contributed by atoms with van der Waals surface area (Å²) >= 11 is 1.94. The minimum absolute atomic E-state index is 0.654. The van der Waals surface area contributed by atoms with Crippen LogP contribution < -0.4 is 10.1 Å². The van der Waals surface area contributed by atoms with Crippen molar-refractivity contribution in [2.24, 2.45) is 0 Å². The van der Waals surface area contributed by atoms with Crippen LogP contribution in [0, 0.1) is 0 Å². The fourth-order valence-corrected chi connectivity index (χ4v) is 4.13. The minimum Gasteiger partial charge on any atom is -0.497 e. The van der Waals surface area contributed by atoms with Crippen LogP contribution in [0.15, 0.2) is 48.7 Å². The molecule has 1 N–H and O–H groups in total. The summed E-state index contributed by atoms with van der Waals surface area (Å²) in [5, 5.41) is 5.12. The number of nitrogens with zero attached hydrogens (tertiary/aromatic N) is 2. The fraction of sp³-hybridized carbons (Fsp3) is 0.333. The minimum atomic E-state index is 0.654. The lowest BCUT2D eigenvalue weighted by Crippen LogP contribution is -2.17. The van der Waals surface area contributed by atoms with E-state index >= 15 is 0 Å². The summed E-state index contributed by atoms with van der Waals surface area (Å²) in [5.74, 6) is 2.58. The number of methoxy groups -OCH3 is 1. The maximum Gasteiger partial charge on any atom is 0.138 e. The Balaban J connectivity index is 1.46. The Morgan fingerprint density at radius 2 is 1.89 bits per heavy atom. The lowest BCUT2D eigenvalue weighted by molar-refractivity contribution is 0.1000. The third kappa shape index (κ3) is 4.70. The maximum atomic E-state index is 5.43. The van der Waals surface area contributed by atoms with Gasteiger partial charge in [0.1, 0.15) is 11.6 Å². The first-order valence-electron chi connectivity index (χ1n) is 9.16. The molecule has 0 unspecified atom stereocenters. The average Bonchev–Trinajstić information content (AvgIpc) is 2.73. The summed E-state index contributed by atoms with van der Waals surface area (Å²) < 4.78 is 10.6. The summed E-state index contributed by atoms with van der Waals surface area (Å²) in [6.07, 6.45) is 4.15. The monoisotopic (exact) mass is 381 g/mol. The summed E-state index contributed by atoms with van der Waals surface area (Å²) in [4.78, 5) is 9.29. The highest BCUT2D eigenvalue weighted by atomic mass is 32.2. The quantitative estimate of drug-likeness (QED) is 0.662. The topological polar surface area (TPSA) is 56.3 Å². The smallest absolute Gasteiger partial charge is 0.138 e. The van der Waals surface area contributed by atoms with Gasteiger partial charge in [-0.15, -0.1) is 0 Å². The molecule has 1 saturated heterocycles. The molecule has 1 fully saturated rings. The van der Waals surface area contributed by atoms with Crippen molar-refractivity contribution in [3.8, 4) is 5.75 Å². The first kappa shape index (κ1) is 18.1. The van der Waals surface area contributed by atoms with Gasteiger partial charge in [-0.2, -0.15) is 11.8 Å². The Labute approximate surface area is 163 Å². The van der Waals surface area contributed by atoms with Gasteiger partial charge < -0.3 is 14.8 Å². The standard InChI is InChI=1S/C21H23N3O2S/c1-25-18-6-4-16(5-7-18)23-17-3-2-15-13-22-21(24-20(15)12-17)14-27-19-8-10-26-11-9-19/h2-7,12-13,19,23H,8-11,14H2,1H3. The van der Waals surface area contributed by atoms with Gasteiger partial charge in [0.2, 0.25) is 0 Å². The molecule has 2 heterocycles. The Hall–Kier alpha value is -2.31. The molecule has 140 valence electrons. The Bertz CT molecular complexity index is 896. The summed E-state index contributed by atoms with van der Waals surface area (Å²) in [7, 11) is 1.67. The highest BCUT2D eigenvalue weighted by Crippen LogP contribution is 2.26. The molecular weight excluding hydrogens is 358 g/mol. The first-order valence-corrected chi connectivity index (χ1v) is 10.2. The molecule has 0 spiro atoms. The van der Waals surface area contributed by atoms with Crippen LogP contribution >= 0.6 is 11.8 Å². The normalized spacial score (nSPS) is 15.0. The Morgan fingerprint density at radius 3 is 2.67 bits per heavy atom. The second-order valence-electron chi connectivity index (χ2n) is 6.54. The van der Waals surface area contributed by atoms with Gasteiger partial charge in [0, 0.05) is 41.4 Å². The van der Waals surface area contributed by atoms with Crippen LogP contribution in [0.3, 0.4) is 0 Å². The zero-order valence-electron chi connectivity index (χ0n) is 15.4. The second kappa shape index (κ2) is 8.59. The second-order valence-corrected chi connectivity index (χ2v) is 7.82. The van der Waals surface area contributed by atoms with Gasteiger partial charge in [-0.1, -0.05) is 0 Å². The van der Waals surface area contributed by atoms with E-state index in [0.717, 1.165) is 65.7 Å². The van der Waals surface area contributed by atoms with Crippen molar-refractivity contribution >= 4 is 34.0 Å². The average molecular weight is 382 g/mol. The van der Waals surface area contributed by atoms with Gasteiger partial charge in [-0.05, 0) is 55.3 Å². The fourth-order valence-electron chi connectivity index (χ4n) is 3.08. The molecule has 27 heavy (non-hydrogen) atoms. The van der Waals surface area contributed by atoms with Crippen LogP contribution in [0.5, 0.6) is 5.75 Å². The van der Waals surface area contributed by atoms with Crippen LogP contribution in [0.25, 0.3) is 10.9 Å². The molecule has 0 atom stereocenters. The number of benzene rings is 2. The number of anilines is 2. The predicted octanol–water partition coefficient (Wildman–Crippen LogP) is 4.79. The number of hydrogen-bond donors (Lipinski definition) is 1. The van der Waals surface area contributed by atoms with E-state index in [-0.39, 0.29) is 0 Å². The van der Waals surface area contributed by atoms with Crippen LogP contribution in [0.2, 0.25) is 0 Å². The van der Waals surface area contributed by atoms with E-state index in [1.165, 1.54) is 0 Å². The molecule has 4 rings (SSSR count). The molecule has 5 nitrogen and oxygen atoms in total. The van der Waals surface area contributed by atoms with Gasteiger partial charge in [-0.25, -0.2) is 9.97 Å². The van der Waals surface area contributed by atoms with Crippen molar-refractivity contribution in [1.29, 1.82) is 0 Å². The number of rotatable bonds is 6. The highest BCUT2D eigenvalue weighted by Gasteiger charge is 2.14. The van der Waals surface area contributed by atoms with E-state index < -0.39 is 0 Å². The van der Waals surface area contributed by atoms with Crippen LogP contribution in [-0.2, 0) is 10.5 Å². The first-order chi connectivity index (χ1) is 13.3. The number of hydrogen-bond acceptors (Lipinski definition) is 6. The maximum absolute atomic E-state index is 5.43. The zero-order valence-corrected chi connectivity index (χ0v) is 16.2. The van der Waals surface area contributed by atoms with Crippen molar-refractivity contribution in [2.45, 2.75) is 23.8 Å². The van der Waals surface area contributed by atoms with Crippen LogP contribution in [-0.4, -0.2) is 35.5 Å². The van der Waals surface area contributed by atoms with Gasteiger partial charge in [0.25, 0.3) is 0 Å². The third-order valence-electron chi connectivity index (χ3n) is 4.63.